The van der Waals surface area contributed by atoms with Crippen LogP contribution in [0, 0.1) is 27.3 Å². The highest BCUT2D eigenvalue weighted by atomic mass is 35.5. The maximum Gasteiger partial charge on any atom is 0.288 e. The molecular weight excluding hydrogens is 239 g/mol. The molecule has 5 nitrogen and oxygen atoms in total. The molecular formula is C9H4ClFN2O3. The average Bonchev–Trinajstić information content (AvgIpc) is 2.17. The molecule has 1 aromatic carbocycles. The molecule has 0 aliphatic rings. The van der Waals surface area contributed by atoms with Crippen LogP contribution in [-0.2, 0) is 0 Å². The van der Waals surface area contributed by atoms with Crippen molar-refractivity contribution in [3.63, 3.8) is 0 Å². The lowest BCUT2D eigenvalue weighted by atomic mass is 10.1. The normalized spacial score (nSPS) is 9.56. The summed E-state index contributed by atoms with van der Waals surface area (Å²) in [6, 6.07) is 2.96. The van der Waals surface area contributed by atoms with E-state index in [2.05, 4.69) is 0 Å². The van der Waals surface area contributed by atoms with E-state index in [1.807, 2.05) is 0 Å². The van der Waals surface area contributed by atoms with E-state index < -0.39 is 39.2 Å². The molecule has 0 saturated carbocycles. The number of halogens is 2. The van der Waals surface area contributed by atoms with E-state index in [0.29, 0.717) is 6.07 Å². The largest absolute Gasteiger partial charge is 0.293 e. The van der Waals surface area contributed by atoms with Crippen molar-refractivity contribution in [3.05, 3.63) is 38.7 Å². The van der Waals surface area contributed by atoms with Crippen molar-refractivity contribution in [1.29, 1.82) is 5.26 Å². The van der Waals surface area contributed by atoms with Gasteiger partial charge in [-0.2, -0.15) is 5.26 Å². The van der Waals surface area contributed by atoms with Gasteiger partial charge in [0.2, 0.25) is 0 Å². The number of Topliss-reactive ketones (excluding diaryl/α,β-unsaturated/α-hetero) is 1. The van der Waals surface area contributed by atoms with E-state index in [-0.39, 0.29) is 0 Å². The van der Waals surface area contributed by atoms with E-state index in [9.17, 15) is 19.3 Å². The average molecular weight is 243 g/mol. The van der Waals surface area contributed by atoms with Gasteiger partial charge in [-0.25, -0.2) is 4.39 Å². The van der Waals surface area contributed by atoms with Crippen LogP contribution in [0.5, 0.6) is 0 Å². The topological polar surface area (TPSA) is 84.0 Å². The SMILES string of the molecule is N#CCC(=O)c1cc([N+](=O)[O-])c(Cl)cc1F. The standard InChI is InChI=1S/C9H4ClFN2O3/c10-6-4-7(11)5(9(14)1-2-12)3-8(6)13(15)16/h3-4H,1H2. The maximum absolute atomic E-state index is 13.2. The zero-order chi connectivity index (χ0) is 12.3. The van der Waals surface area contributed by atoms with Gasteiger partial charge in [0.1, 0.15) is 10.8 Å². The van der Waals surface area contributed by atoms with Crippen molar-refractivity contribution >= 4 is 23.1 Å². The first-order valence-corrected chi connectivity index (χ1v) is 4.38. The molecule has 0 bridgehead atoms. The Morgan fingerprint density at radius 3 is 2.75 bits per heavy atom. The van der Waals surface area contributed by atoms with Crippen molar-refractivity contribution in [1.82, 2.24) is 0 Å². The number of carbonyl (C=O) groups excluding carboxylic acids is 1. The fourth-order valence-electron chi connectivity index (χ4n) is 1.06. The Balaban J connectivity index is 3.31. The second-order valence-electron chi connectivity index (χ2n) is 2.80. The number of ketones is 1. The molecule has 0 amide bonds. The van der Waals surface area contributed by atoms with Crippen LogP contribution in [-0.4, -0.2) is 10.7 Å². The molecule has 0 saturated heterocycles. The molecule has 0 radical (unpaired) electrons. The highest BCUT2D eigenvalue weighted by Gasteiger charge is 2.20. The van der Waals surface area contributed by atoms with Crippen molar-refractivity contribution < 1.29 is 14.1 Å². The quantitative estimate of drug-likeness (QED) is 0.463. The zero-order valence-electron chi connectivity index (χ0n) is 7.74. The van der Waals surface area contributed by atoms with Crippen LogP contribution in [0.1, 0.15) is 16.8 Å². The van der Waals surface area contributed by atoms with Gasteiger partial charge in [-0.15, -0.1) is 0 Å². The van der Waals surface area contributed by atoms with Crippen LogP contribution in [0.15, 0.2) is 12.1 Å². The van der Waals surface area contributed by atoms with Gasteiger partial charge >= 0.3 is 0 Å². The second-order valence-corrected chi connectivity index (χ2v) is 3.21. The maximum atomic E-state index is 13.2. The highest BCUT2D eigenvalue weighted by Crippen LogP contribution is 2.27. The monoisotopic (exact) mass is 242 g/mol. The lowest BCUT2D eigenvalue weighted by Crippen LogP contribution is -2.03. The molecule has 0 fully saturated rings. The Morgan fingerprint density at radius 2 is 2.25 bits per heavy atom. The van der Waals surface area contributed by atoms with Crippen LogP contribution >= 0.6 is 11.6 Å². The van der Waals surface area contributed by atoms with E-state index >= 15 is 0 Å². The van der Waals surface area contributed by atoms with E-state index in [1.165, 1.54) is 6.07 Å². The Morgan fingerprint density at radius 1 is 1.62 bits per heavy atom. The summed E-state index contributed by atoms with van der Waals surface area (Å²) in [5, 5.41) is 18.4. The third kappa shape index (κ3) is 2.32. The van der Waals surface area contributed by atoms with Gasteiger partial charge in [-0.1, -0.05) is 11.6 Å². The number of rotatable bonds is 3. The van der Waals surface area contributed by atoms with Crippen molar-refractivity contribution in [2.75, 3.05) is 0 Å². The van der Waals surface area contributed by atoms with Crippen LogP contribution in [0.4, 0.5) is 10.1 Å². The Kier molecular flexibility index (Phi) is 3.53. The molecule has 0 aliphatic carbocycles. The molecule has 0 unspecified atom stereocenters. The molecule has 0 N–H and O–H groups in total. The zero-order valence-corrected chi connectivity index (χ0v) is 8.49. The van der Waals surface area contributed by atoms with E-state index in [4.69, 9.17) is 16.9 Å². The summed E-state index contributed by atoms with van der Waals surface area (Å²) in [5.41, 5.74) is -1.07. The Bertz CT molecular complexity index is 510. The second kappa shape index (κ2) is 4.68. The number of hydrogen-bond acceptors (Lipinski definition) is 4. The van der Waals surface area contributed by atoms with Crippen molar-refractivity contribution in [3.8, 4) is 6.07 Å². The smallest absolute Gasteiger partial charge is 0.288 e. The summed E-state index contributed by atoms with van der Waals surface area (Å²) in [6.45, 7) is 0. The number of nitro groups is 1. The molecule has 0 heterocycles. The molecule has 1 aromatic rings. The summed E-state index contributed by atoms with van der Waals surface area (Å²) >= 11 is 5.42. The summed E-state index contributed by atoms with van der Waals surface area (Å²) in [4.78, 5) is 20.9. The minimum atomic E-state index is -0.976. The number of carbonyl (C=O) groups is 1. The summed E-state index contributed by atoms with van der Waals surface area (Å²) in [5.74, 6) is -1.80. The molecule has 82 valence electrons. The van der Waals surface area contributed by atoms with Gasteiger partial charge in [-0.3, -0.25) is 14.9 Å². The Labute approximate surface area is 94.2 Å². The molecule has 0 atom stereocenters. The van der Waals surface area contributed by atoms with Gasteiger partial charge in [0.05, 0.1) is 23.0 Å². The molecule has 0 aromatic heterocycles. The molecule has 0 spiro atoms. The van der Waals surface area contributed by atoms with Gasteiger partial charge in [-0.05, 0) is 0 Å². The third-order valence-electron chi connectivity index (χ3n) is 1.77. The first-order chi connectivity index (χ1) is 7.47. The third-order valence-corrected chi connectivity index (χ3v) is 2.08. The van der Waals surface area contributed by atoms with Crippen LogP contribution in [0.25, 0.3) is 0 Å². The number of nitrogens with zero attached hydrogens (tertiary/aromatic N) is 2. The fraction of sp³-hybridized carbons (Fsp3) is 0.111. The van der Waals surface area contributed by atoms with Gasteiger partial charge < -0.3 is 0 Å². The summed E-state index contributed by atoms with van der Waals surface area (Å²) in [6.07, 6.45) is -0.546. The van der Waals surface area contributed by atoms with Gasteiger partial charge in [0.25, 0.3) is 5.69 Å². The van der Waals surface area contributed by atoms with Crippen LogP contribution in [0.3, 0.4) is 0 Å². The fourth-order valence-corrected chi connectivity index (χ4v) is 1.28. The minimum Gasteiger partial charge on any atom is -0.293 e. The highest BCUT2D eigenvalue weighted by molar-refractivity contribution is 6.32. The molecule has 1 rings (SSSR count). The molecule has 7 heteroatoms. The van der Waals surface area contributed by atoms with Crippen molar-refractivity contribution in [2.45, 2.75) is 6.42 Å². The first-order valence-electron chi connectivity index (χ1n) is 4.01. The van der Waals surface area contributed by atoms with Crippen LogP contribution < -0.4 is 0 Å². The van der Waals surface area contributed by atoms with E-state index in [1.54, 1.807) is 0 Å². The lowest BCUT2D eigenvalue weighted by molar-refractivity contribution is -0.384. The minimum absolute atomic E-state index is 0.393. The van der Waals surface area contributed by atoms with E-state index in [0.717, 1.165) is 6.07 Å². The summed E-state index contributed by atoms with van der Waals surface area (Å²) < 4.78 is 13.2. The number of benzene rings is 1. The number of nitriles is 1. The first kappa shape index (κ1) is 12.1. The molecule has 0 aliphatic heterocycles. The van der Waals surface area contributed by atoms with Crippen molar-refractivity contribution in [2.24, 2.45) is 0 Å². The summed E-state index contributed by atoms with van der Waals surface area (Å²) in [7, 11) is 0. The van der Waals surface area contributed by atoms with Crippen LogP contribution in [0.2, 0.25) is 5.02 Å². The number of hydrogen-bond donors (Lipinski definition) is 0. The lowest BCUT2D eigenvalue weighted by Gasteiger charge is -2.01. The van der Waals surface area contributed by atoms with Gasteiger partial charge in [0, 0.05) is 12.1 Å². The Hall–Kier alpha value is -2.00. The molecule has 16 heavy (non-hydrogen) atoms. The predicted molar refractivity (Wildman–Crippen MR) is 52.6 cm³/mol. The number of nitro benzene ring substituents is 1. The van der Waals surface area contributed by atoms with Gasteiger partial charge in [0.15, 0.2) is 5.78 Å². The predicted octanol–water partition coefficient (Wildman–Crippen LogP) is 2.48.